The van der Waals surface area contributed by atoms with Crippen LogP contribution in [-0.4, -0.2) is 36.1 Å². The van der Waals surface area contributed by atoms with Crippen molar-refractivity contribution in [3.05, 3.63) is 5.69 Å². The molecule has 2 N–H and O–H groups in total. The molecule has 0 unspecified atom stereocenters. The van der Waals surface area contributed by atoms with Crippen molar-refractivity contribution < 1.29 is 0 Å². The summed E-state index contributed by atoms with van der Waals surface area (Å²) in [7, 11) is 2.10. The highest BCUT2D eigenvalue weighted by Crippen LogP contribution is 2.32. The Morgan fingerprint density at radius 3 is 2.82 bits per heavy atom. The van der Waals surface area contributed by atoms with Crippen LogP contribution in [0, 0.1) is 0 Å². The van der Waals surface area contributed by atoms with Gasteiger partial charge in [-0.3, -0.25) is 0 Å². The van der Waals surface area contributed by atoms with Crippen LogP contribution in [0.3, 0.4) is 0 Å². The Bertz CT molecular complexity index is 496. The molecule has 0 saturated heterocycles. The summed E-state index contributed by atoms with van der Waals surface area (Å²) in [6.07, 6.45) is 9.79. The van der Waals surface area contributed by atoms with Crippen LogP contribution in [0.4, 0.5) is 17.5 Å². The third-order valence-electron chi connectivity index (χ3n) is 4.75. The monoisotopic (exact) mass is 303 g/mol. The molecule has 1 aromatic rings. The summed E-state index contributed by atoms with van der Waals surface area (Å²) in [6, 6.07) is 0.580. The lowest BCUT2D eigenvalue weighted by molar-refractivity contribution is 0.724. The van der Waals surface area contributed by atoms with E-state index in [2.05, 4.69) is 29.5 Å². The van der Waals surface area contributed by atoms with E-state index in [9.17, 15) is 0 Å². The number of fused-ring (bicyclic) bond motifs is 1. The van der Waals surface area contributed by atoms with Crippen LogP contribution >= 0.6 is 0 Å². The number of aryl methyl sites for hydroxylation is 1. The minimum Gasteiger partial charge on any atom is -0.381 e. The Labute approximate surface area is 133 Å². The fraction of sp³-hybridized carbons (Fsp3) is 0.765. The van der Waals surface area contributed by atoms with Crippen molar-refractivity contribution in [2.45, 2.75) is 64.3 Å². The van der Waals surface area contributed by atoms with Gasteiger partial charge in [-0.25, -0.2) is 4.98 Å². The molecule has 0 radical (unpaired) electrons. The van der Waals surface area contributed by atoms with Crippen molar-refractivity contribution in [2.24, 2.45) is 0 Å². The second-order valence-electron chi connectivity index (χ2n) is 6.63. The van der Waals surface area contributed by atoms with Crippen LogP contribution in [-0.2, 0) is 6.42 Å². The highest BCUT2D eigenvalue weighted by Gasteiger charge is 2.22. The third-order valence-corrected chi connectivity index (χ3v) is 4.75. The van der Waals surface area contributed by atoms with Gasteiger partial charge in [0.1, 0.15) is 0 Å². The van der Waals surface area contributed by atoms with Crippen molar-refractivity contribution in [1.29, 1.82) is 0 Å². The second kappa shape index (κ2) is 7.16. The number of nitrogens with one attached hydrogen (secondary N) is 2. The molecule has 3 rings (SSSR count). The first-order valence-corrected chi connectivity index (χ1v) is 8.90. The van der Waals surface area contributed by atoms with E-state index in [1.165, 1.54) is 44.2 Å². The number of rotatable bonds is 6. The molecule has 2 heterocycles. The maximum absolute atomic E-state index is 4.84. The van der Waals surface area contributed by atoms with Gasteiger partial charge in [-0.2, -0.15) is 4.98 Å². The maximum atomic E-state index is 4.84. The fourth-order valence-electron chi connectivity index (χ4n) is 3.36. The first-order chi connectivity index (χ1) is 10.8. The topological polar surface area (TPSA) is 53.1 Å². The molecule has 5 heteroatoms. The summed E-state index contributed by atoms with van der Waals surface area (Å²) < 4.78 is 0. The number of unbranched alkanes of at least 4 members (excludes halogenated alkanes) is 1. The minimum atomic E-state index is 0.580. The lowest BCUT2D eigenvalue weighted by Gasteiger charge is -2.25. The molecular formula is C17H29N5. The van der Waals surface area contributed by atoms with E-state index in [1.807, 2.05) is 0 Å². The predicted molar refractivity (Wildman–Crippen MR) is 92.9 cm³/mol. The van der Waals surface area contributed by atoms with E-state index in [1.54, 1.807) is 0 Å². The quantitative estimate of drug-likeness (QED) is 0.843. The number of hydrogen-bond acceptors (Lipinski definition) is 5. The molecular weight excluding hydrogens is 274 g/mol. The summed E-state index contributed by atoms with van der Waals surface area (Å²) in [4.78, 5) is 11.8. The zero-order valence-corrected chi connectivity index (χ0v) is 14.0. The molecule has 1 aliphatic heterocycles. The lowest BCUT2D eigenvalue weighted by atomic mass is 10.1. The Morgan fingerprint density at radius 2 is 2.05 bits per heavy atom. The Kier molecular flexibility index (Phi) is 5.01. The maximum Gasteiger partial charge on any atom is 0.227 e. The molecule has 0 atom stereocenters. The smallest absolute Gasteiger partial charge is 0.227 e. The average molecular weight is 303 g/mol. The van der Waals surface area contributed by atoms with Crippen LogP contribution in [0.2, 0.25) is 0 Å². The lowest BCUT2D eigenvalue weighted by Crippen LogP contribution is -2.26. The average Bonchev–Trinajstić information content (AvgIpc) is 3.05. The molecule has 1 aliphatic carbocycles. The van der Waals surface area contributed by atoms with E-state index in [4.69, 9.17) is 9.97 Å². The Balaban J connectivity index is 1.84. The van der Waals surface area contributed by atoms with Gasteiger partial charge in [0.15, 0.2) is 5.82 Å². The Morgan fingerprint density at radius 1 is 1.23 bits per heavy atom. The molecule has 1 saturated carbocycles. The molecule has 0 bridgehead atoms. The van der Waals surface area contributed by atoms with Crippen molar-refractivity contribution in [1.82, 2.24) is 9.97 Å². The van der Waals surface area contributed by atoms with Crippen LogP contribution in [0.25, 0.3) is 0 Å². The normalized spacial score (nSPS) is 17.9. The van der Waals surface area contributed by atoms with Crippen molar-refractivity contribution >= 4 is 17.5 Å². The largest absolute Gasteiger partial charge is 0.381 e. The standard InChI is InChI=1S/C17H29N5/c1-3-4-12-22(2)17-20-14-10-7-11-18-15(14)16(21-17)19-13-8-5-6-9-13/h13,18H,3-12H2,1-2H3,(H,19,20,21). The summed E-state index contributed by atoms with van der Waals surface area (Å²) in [5.74, 6) is 1.89. The molecule has 1 fully saturated rings. The van der Waals surface area contributed by atoms with Crippen molar-refractivity contribution in [3.63, 3.8) is 0 Å². The molecule has 0 spiro atoms. The third kappa shape index (κ3) is 3.45. The number of nitrogens with zero attached hydrogens (tertiary/aromatic N) is 3. The zero-order chi connectivity index (χ0) is 15.4. The summed E-state index contributed by atoms with van der Waals surface area (Å²) in [5.41, 5.74) is 2.32. The molecule has 2 aliphatic rings. The van der Waals surface area contributed by atoms with Crippen LogP contribution in [0.15, 0.2) is 0 Å². The molecule has 5 nitrogen and oxygen atoms in total. The second-order valence-corrected chi connectivity index (χ2v) is 6.63. The van der Waals surface area contributed by atoms with Gasteiger partial charge < -0.3 is 15.5 Å². The summed E-state index contributed by atoms with van der Waals surface area (Å²) in [5, 5.41) is 7.19. The van der Waals surface area contributed by atoms with Crippen LogP contribution in [0.5, 0.6) is 0 Å². The Hall–Kier alpha value is -1.52. The first-order valence-electron chi connectivity index (χ1n) is 8.90. The SMILES string of the molecule is CCCCN(C)c1nc2c(c(NC3CCCC3)n1)NCCC2. The van der Waals surface area contributed by atoms with Gasteiger partial charge in [-0.05, 0) is 32.1 Å². The number of hydrogen-bond donors (Lipinski definition) is 2. The highest BCUT2D eigenvalue weighted by molar-refractivity contribution is 5.70. The minimum absolute atomic E-state index is 0.580. The van der Waals surface area contributed by atoms with E-state index >= 15 is 0 Å². The molecule has 22 heavy (non-hydrogen) atoms. The van der Waals surface area contributed by atoms with Gasteiger partial charge in [0.2, 0.25) is 5.95 Å². The van der Waals surface area contributed by atoms with Crippen LogP contribution in [0.1, 0.15) is 57.6 Å². The highest BCUT2D eigenvalue weighted by atomic mass is 15.3. The zero-order valence-electron chi connectivity index (χ0n) is 14.0. The first kappa shape index (κ1) is 15.4. The summed E-state index contributed by atoms with van der Waals surface area (Å²) in [6.45, 7) is 4.27. The van der Waals surface area contributed by atoms with Gasteiger partial charge in [0.05, 0.1) is 11.4 Å². The molecule has 1 aromatic heterocycles. The number of aromatic nitrogens is 2. The molecule has 0 amide bonds. The van der Waals surface area contributed by atoms with Gasteiger partial charge in [-0.15, -0.1) is 0 Å². The van der Waals surface area contributed by atoms with Gasteiger partial charge in [0.25, 0.3) is 0 Å². The van der Waals surface area contributed by atoms with Gasteiger partial charge >= 0.3 is 0 Å². The van der Waals surface area contributed by atoms with Crippen molar-refractivity contribution in [3.8, 4) is 0 Å². The summed E-state index contributed by atoms with van der Waals surface area (Å²) >= 11 is 0. The molecule has 122 valence electrons. The predicted octanol–water partition coefficient (Wildman–Crippen LogP) is 3.43. The van der Waals surface area contributed by atoms with E-state index in [-0.39, 0.29) is 0 Å². The van der Waals surface area contributed by atoms with Gasteiger partial charge in [0, 0.05) is 26.2 Å². The number of anilines is 3. The molecule has 0 aromatic carbocycles. The fourth-order valence-corrected chi connectivity index (χ4v) is 3.36. The van der Waals surface area contributed by atoms with Crippen molar-refractivity contribution in [2.75, 3.05) is 35.7 Å². The van der Waals surface area contributed by atoms with E-state index < -0.39 is 0 Å². The van der Waals surface area contributed by atoms with E-state index in [0.29, 0.717) is 6.04 Å². The van der Waals surface area contributed by atoms with Crippen LogP contribution < -0.4 is 15.5 Å². The van der Waals surface area contributed by atoms with Gasteiger partial charge in [-0.1, -0.05) is 26.2 Å². The van der Waals surface area contributed by atoms with E-state index in [0.717, 1.165) is 43.4 Å².